The van der Waals surface area contributed by atoms with E-state index in [0.29, 0.717) is 11.1 Å². The van der Waals surface area contributed by atoms with Crippen LogP contribution in [0.4, 0.5) is 4.39 Å². The molecule has 0 heterocycles. The van der Waals surface area contributed by atoms with Crippen LogP contribution in [0.15, 0.2) is 54.6 Å². The van der Waals surface area contributed by atoms with Gasteiger partial charge >= 0.3 is 0 Å². The van der Waals surface area contributed by atoms with Gasteiger partial charge in [0.25, 0.3) is 0 Å². The minimum absolute atomic E-state index is 0.0666. The third kappa shape index (κ3) is 4.67. The number of amides is 1. The average molecular weight is 329 g/mol. The lowest BCUT2D eigenvalue weighted by atomic mass is 9.96. The maximum atomic E-state index is 13.6. The Labute approximate surface area is 140 Å². The molecule has 2 aromatic rings. The summed E-state index contributed by atoms with van der Waals surface area (Å²) in [5.74, 6) is -0.718. The summed E-state index contributed by atoms with van der Waals surface area (Å²) >= 11 is 0. The first kappa shape index (κ1) is 17.7. The lowest BCUT2D eigenvalue weighted by molar-refractivity contribution is -0.117. The van der Waals surface area contributed by atoms with Gasteiger partial charge < -0.3 is 15.2 Å². The molecule has 1 amide bonds. The van der Waals surface area contributed by atoms with Crippen LogP contribution in [0.1, 0.15) is 18.1 Å². The van der Waals surface area contributed by atoms with Crippen LogP contribution in [-0.2, 0) is 10.4 Å². The number of aliphatic hydroxyl groups is 1. The summed E-state index contributed by atoms with van der Waals surface area (Å²) in [6.07, 6.45) is 2.79. The van der Waals surface area contributed by atoms with Crippen LogP contribution < -0.4 is 10.1 Å². The fourth-order valence-corrected chi connectivity index (χ4v) is 2.18. The number of carbonyl (C=O) groups excluding carboxylic acids is 1. The van der Waals surface area contributed by atoms with Crippen molar-refractivity contribution in [3.8, 4) is 5.75 Å². The third-order valence-corrected chi connectivity index (χ3v) is 3.61. The van der Waals surface area contributed by atoms with Gasteiger partial charge in [-0.1, -0.05) is 36.4 Å². The molecule has 0 aliphatic rings. The van der Waals surface area contributed by atoms with Crippen LogP contribution in [-0.4, -0.2) is 24.7 Å². The minimum atomic E-state index is -1.17. The van der Waals surface area contributed by atoms with Crippen molar-refractivity contribution in [3.63, 3.8) is 0 Å². The Kier molecular flexibility index (Phi) is 5.71. The van der Waals surface area contributed by atoms with Crippen molar-refractivity contribution in [2.45, 2.75) is 12.5 Å². The normalized spacial score (nSPS) is 13.5. The molecule has 1 atom stereocenters. The van der Waals surface area contributed by atoms with Crippen molar-refractivity contribution in [1.29, 1.82) is 0 Å². The highest BCUT2D eigenvalue weighted by Gasteiger charge is 2.22. The van der Waals surface area contributed by atoms with Crippen molar-refractivity contribution >= 4 is 12.0 Å². The lowest BCUT2D eigenvalue weighted by Gasteiger charge is -2.23. The second-order valence-electron chi connectivity index (χ2n) is 5.59. The first-order chi connectivity index (χ1) is 11.4. The Morgan fingerprint density at radius 3 is 2.62 bits per heavy atom. The molecule has 0 fully saturated rings. The van der Waals surface area contributed by atoms with E-state index in [1.165, 1.54) is 31.4 Å². The number of hydrogen-bond acceptors (Lipinski definition) is 3. The van der Waals surface area contributed by atoms with Crippen molar-refractivity contribution in [3.05, 3.63) is 71.6 Å². The molecule has 1 unspecified atom stereocenters. The molecule has 0 aliphatic carbocycles. The lowest BCUT2D eigenvalue weighted by Crippen LogP contribution is -2.37. The molecule has 0 saturated carbocycles. The molecule has 126 valence electrons. The fourth-order valence-electron chi connectivity index (χ4n) is 2.18. The molecular formula is C19H20FNO3. The molecule has 0 radical (unpaired) electrons. The molecule has 2 rings (SSSR count). The number of halogens is 1. The van der Waals surface area contributed by atoms with E-state index in [-0.39, 0.29) is 18.2 Å². The molecule has 0 aromatic heterocycles. The molecule has 2 N–H and O–H groups in total. The molecule has 0 saturated heterocycles. The first-order valence-corrected chi connectivity index (χ1v) is 7.50. The Balaban J connectivity index is 1.94. The number of ether oxygens (including phenoxy) is 1. The van der Waals surface area contributed by atoms with Gasteiger partial charge in [-0.05, 0) is 36.3 Å². The van der Waals surface area contributed by atoms with Crippen LogP contribution in [0.2, 0.25) is 0 Å². The smallest absolute Gasteiger partial charge is 0.244 e. The highest BCUT2D eigenvalue weighted by Crippen LogP contribution is 2.19. The van der Waals surface area contributed by atoms with E-state index in [0.717, 1.165) is 0 Å². The van der Waals surface area contributed by atoms with Gasteiger partial charge in [-0.2, -0.15) is 0 Å². The van der Waals surface area contributed by atoms with Crippen molar-refractivity contribution < 1.29 is 19.0 Å². The van der Waals surface area contributed by atoms with E-state index in [4.69, 9.17) is 4.74 Å². The fraction of sp³-hybridized carbons (Fsp3) is 0.211. The number of rotatable bonds is 6. The molecule has 5 heteroatoms. The van der Waals surface area contributed by atoms with E-state index in [1.54, 1.807) is 25.1 Å². The summed E-state index contributed by atoms with van der Waals surface area (Å²) in [4.78, 5) is 11.9. The molecule has 4 nitrogen and oxygen atoms in total. The topological polar surface area (TPSA) is 58.6 Å². The number of benzene rings is 2. The van der Waals surface area contributed by atoms with Gasteiger partial charge in [-0.25, -0.2) is 4.39 Å². The van der Waals surface area contributed by atoms with Gasteiger partial charge in [0.05, 0.1) is 13.7 Å². The molecular weight excluding hydrogens is 309 g/mol. The molecule has 0 bridgehead atoms. The predicted octanol–water partition coefficient (Wildman–Crippen LogP) is 2.87. The van der Waals surface area contributed by atoms with E-state index >= 15 is 0 Å². The van der Waals surface area contributed by atoms with Gasteiger partial charge in [-0.15, -0.1) is 0 Å². The zero-order valence-electron chi connectivity index (χ0n) is 13.6. The monoisotopic (exact) mass is 329 g/mol. The van der Waals surface area contributed by atoms with Gasteiger partial charge in [-0.3, -0.25) is 4.79 Å². The van der Waals surface area contributed by atoms with Gasteiger partial charge in [0.1, 0.15) is 5.60 Å². The van der Waals surface area contributed by atoms with E-state index < -0.39 is 11.4 Å². The molecule has 24 heavy (non-hydrogen) atoms. The summed E-state index contributed by atoms with van der Waals surface area (Å²) < 4.78 is 18.4. The predicted molar refractivity (Wildman–Crippen MR) is 91.0 cm³/mol. The Morgan fingerprint density at radius 1 is 1.29 bits per heavy atom. The summed E-state index contributed by atoms with van der Waals surface area (Å²) in [7, 11) is 1.39. The maximum absolute atomic E-state index is 13.6. The highest BCUT2D eigenvalue weighted by atomic mass is 19.1. The van der Waals surface area contributed by atoms with Crippen LogP contribution in [0.3, 0.4) is 0 Å². The Hall–Kier alpha value is -2.66. The van der Waals surface area contributed by atoms with E-state index in [9.17, 15) is 14.3 Å². The average Bonchev–Trinajstić information content (AvgIpc) is 2.59. The van der Waals surface area contributed by atoms with Crippen molar-refractivity contribution in [1.82, 2.24) is 5.32 Å². The number of hydrogen-bond donors (Lipinski definition) is 2. The van der Waals surface area contributed by atoms with Crippen LogP contribution in [0.25, 0.3) is 6.08 Å². The second kappa shape index (κ2) is 7.75. The van der Waals surface area contributed by atoms with Crippen LogP contribution >= 0.6 is 0 Å². The quantitative estimate of drug-likeness (QED) is 0.801. The van der Waals surface area contributed by atoms with Gasteiger partial charge in [0, 0.05) is 6.08 Å². The highest BCUT2D eigenvalue weighted by molar-refractivity contribution is 5.91. The Morgan fingerprint density at radius 2 is 2.00 bits per heavy atom. The maximum Gasteiger partial charge on any atom is 0.244 e. The zero-order valence-corrected chi connectivity index (χ0v) is 13.6. The largest absolute Gasteiger partial charge is 0.494 e. The van der Waals surface area contributed by atoms with E-state index in [1.807, 2.05) is 18.2 Å². The van der Waals surface area contributed by atoms with Gasteiger partial charge in [0.2, 0.25) is 5.91 Å². The van der Waals surface area contributed by atoms with Crippen molar-refractivity contribution in [2.24, 2.45) is 0 Å². The molecule has 2 aromatic carbocycles. The summed E-state index contributed by atoms with van der Waals surface area (Å²) in [6, 6.07) is 13.5. The molecule has 0 aliphatic heterocycles. The van der Waals surface area contributed by atoms with Crippen LogP contribution in [0, 0.1) is 5.82 Å². The SMILES string of the molecule is COc1ccc(C=CC(=O)NCC(C)(O)c2ccccc2)cc1F. The van der Waals surface area contributed by atoms with Gasteiger partial charge in [0.15, 0.2) is 11.6 Å². The van der Waals surface area contributed by atoms with E-state index in [2.05, 4.69) is 5.32 Å². The zero-order chi connectivity index (χ0) is 17.6. The Bertz CT molecular complexity index is 727. The van der Waals surface area contributed by atoms with Crippen LogP contribution in [0.5, 0.6) is 5.75 Å². The number of methoxy groups -OCH3 is 1. The van der Waals surface area contributed by atoms with Crippen molar-refractivity contribution in [2.75, 3.05) is 13.7 Å². The summed E-state index contributed by atoms with van der Waals surface area (Å²) in [5, 5.41) is 13.0. The number of carbonyl (C=O) groups is 1. The molecule has 0 spiro atoms. The minimum Gasteiger partial charge on any atom is -0.494 e. The summed E-state index contributed by atoms with van der Waals surface area (Å²) in [5.41, 5.74) is 0.0848. The summed E-state index contributed by atoms with van der Waals surface area (Å²) in [6.45, 7) is 1.70. The standard InChI is InChI=1S/C19H20FNO3/c1-19(23,15-6-4-3-5-7-15)13-21-18(22)11-9-14-8-10-17(24-2)16(20)12-14/h3-12,23H,13H2,1-2H3,(H,21,22). The first-order valence-electron chi connectivity index (χ1n) is 7.50. The third-order valence-electron chi connectivity index (χ3n) is 3.61. The number of nitrogens with one attached hydrogen (secondary N) is 1. The second-order valence-corrected chi connectivity index (χ2v) is 5.59.